The van der Waals surface area contributed by atoms with Crippen molar-refractivity contribution in [1.29, 1.82) is 0 Å². The number of hydrogen-bond donors (Lipinski definition) is 0. The van der Waals surface area contributed by atoms with Gasteiger partial charge in [-0.25, -0.2) is 4.98 Å². The first-order valence-corrected chi connectivity index (χ1v) is 7.43. The van der Waals surface area contributed by atoms with Gasteiger partial charge in [-0.05, 0) is 31.4 Å². The third-order valence-electron chi connectivity index (χ3n) is 4.04. The van der Waals surface area contributed by atoms with Gasteiger partial charge in [-0.1, -0.05) is 12.1 Å². The van der Waals surface area contributed by atoms with Gasteiger partial charge in [-0.2, -0.15) is 0 Å². The molecule has 2 aromatic rings. The first-order chi connectivity index (χ1) is 9.35. The highest BCUT2D eigenvalue weighted by molar-refractivity contribution is 6.17. The number of methoxy groups -OCH3 is 1. The van der Waals surface area contributed by atoms with E-state index in [1.54, 1.807) is 0 Å². The Balaban J connectivity index is 2.11. The summed E-state index contributed by atoms with van der Waals surface area (Å²) in [5, 5.41) is 0. The molecule has 2 atom stereocenters. The molecule has 0 aliphatic heterocycles. The molecule has 1 heterocycles. The fourth-order valence-corrected chi connectivity index (χ4v) is 3.37. The van der Waals surface area contributed by atoms with Crippen molar-refractivity contribution in [3.05, 3.63) is 30.1 Å². The molecular weight excluding hydrogens is 260 g/mol. The van der Waals surface area contributed by atoms with E-state index in [0.717, 1.165) is 30.6 Å². The zero-order valence-corrected chi connectivity index (χ0v) is 11.9. The normalized spacial score (nSPS) is 23.3. The lowest BCUT2D eigenvalue weighted by atomic mass is 10.2. The van der Waals surface area contributed by atoms with Gasteiger partial charge in [0.05, 0.1) is 23.2 Å². The maximum absolute atomic E-state index is 5.93. The summed E-state index contributed by atoms with van der Waals surface area (Å²) in [5.74, 6) is 1.69. The summed E-state index contributed by atoms with van der Waals surface area (Å²) in [5.41, 5.74) is 2.26. The molecule has 4 heteroatoms. The van der Waals surface area contributed by atoms with Crippen molar-refractivity contribution < 1.29 is 4.74 Å². The fourth-order valence-electron chi connectivity index (χ4n) is 3.20. The van der Waals surface area contributed by atoms with Gasteiger partial charge in [0, 0.05) is 19.4 Å². The molecule has 1 aliphatic carbocycles. The van der Waals surface area contributed by atoms with Crippen LogP contribution in [0.5, 0.6) is 0 Å². The van der Waals surface area contributed by atoms with Crippen LogP contribution < -0.4 is 0 Å². The first kappa shape index (κ1) is 12.9. The molecule has 3 rings (SSSR count). The van der Waals surface area contributed by atoms with E-state index in [-0.39, 0.29) is 0 Å². The predicted molar refractivity (Wildman–Crippen MR) is 77.8 cm³/mol. The summed E-state index contributed by atoms with van der Waals surface area (Å²) in [4.78, 5) is 4.74. The third-order valence-corrected chi connectivity index (χ3v) is 4.23. The number of alkyl halides is 1. The minimum atomic E-state index is 0.298. The van der Waals surface area contributed by atoms with Crippen LogP contribution in [0.4, 0.5) is 0 Å². The minimum Gasteiger partial charge on any atom is -0.379 e. The molecular formula is C15H19ClN2O. The zero-order valence-electron chi connectivity index (χ0n) is 11.2. The smallest absolute Gasteiger partial charge is 0.111 e. The van der Waals surface area contributed by atoms with Crippen LogP contribution in [0.1, 0.15) is 31.1 Å². The van der Waals surface area contributed by atoms with E-state index in [2.05, 4.69) is 22.8 Å². The lowest BCUT2D eigenvalue weighted by Gasteiger charge is -2.22. The van der Waals surface area contributed by atoms with Crippen molar-refractivity contribution in [2.75, 3.05) is 13.0 Å². The van der Waals surface area contributed by atoms with E-state index in [1.165, 1.54) is 11.9 Å². The van der Waals surface area contributed by atoms with E-state index < -0.39 is 0 Å². The van der Waals surface area contributed by atoms with Crippen LogP contribution in [0, 0.1) is 0 Å². The maximum Gasteiger partial charge on any atom is 0.111 e. The van der Waals surface area contributed by atoms with E-state index >= 15 is 0 Å². The highest BCUT2D eigenvalue weighted by atomic mass is 35.5. The van der Waals surface area contributed by atoms with E-state index in [9.17, 15) is 0 Å². The lowest BCUT2D eigenvalue weighted by Crippen LogP contribution is -2.22. The monoisotopic (exact) mass is 278 g/mol. The molecule has 0 spiro atoms. The maximum atomic E-state index is 5.93. The number of imidazole rings is 1. The number of para-hydroxylation sites is 2. The molecule has 0 N–H and O–H groups in total. The summed E-state index contributed by atoms with van der Waals surface area (Å²) in [7, 11) is 1.81. The standard InChI is InChI=1S/C15H19ClN2O/c1-19-14-8-4-7-13(14)18-12-6-3-2-5-11(12)17-15(18)9-10-16/h2-3,5-6,13-14H,4,7-10H2,1H3. The lowest BCUT2D eigenvalue weighted by molar-refractivity contribution is 0.0753. The Bertz CT molecular complexity index is 566. The summed E-state index contributed by atoms with van der Waals surface area (Å²) < 4.78 is 8.01. The quantitative estimate of drug-likeness (QED) is 0.800. The molecule has 3 nitrogen and oxygen atoms in total. The first-order valence-electron chi connectivity index (χ1n) is 6.89. The summed E-state index contributed by atoms with van der Waals surface area (Å²) >= 11 is 5.93. The minimum absolute atomic E-state index is 0.298. The van der Waals surface area contributed by atoms with Crippen molar-refractivity contribution in [3.8, 4) is 0 Å². The summed E-state index contributed by atoms with van der Waals surface area (Å²) in [6.45, 7) is 0. The van der Waals surface area contributed by atoms with Crippen molar-refractivity contribution >= 4 is 22.6 Å². The third kappa shape index (κ3) is 2.26. The van der Waals surface area contributed by atoms with E-state index in [4.69, 9.17) is 21.3 Å². The molecule has 2 unspecified atom stereocenters. The Hall–Kier alpha value is -1.06. The largest absolute Gasteiger partial charge is 0.379 e. The SMILES string of the molecule is COC1CCCC1n1c(CCCl)nc2ccccc21. The average molecular weight is 279 g/mol. The van der Waals surface area contributed by atoms with Crippen LogP contribution in [0.2, 0.25) is 0 Å². The van der Waals surface area contributed by atoms with Gasteiger partial charge in [-0.15, -0.1) is 11.6 Å². The highest BCUT2D eigenvalue weighted by Gasteiger charge is 2.31. The molecule has 1 aromatic carbocycles. The molecule has 0 radical (unpaired) electrons. The van der Waals surface area contributed by atoms with Crippen LogP contribution in [-0.4, -0.2) is 28.6 Å². The number of aromatic nitrogens is 2. The average Bonchev–Trinajstić information content (AvgIpc) is 3.01. The van der Waals surface area contributed by atoms with Crippen molar-refractivity contribution in [3.63, 3.8) is 0 Å². The Labute approximate surface area is 118 Å². The van der Waals surface area contributed by atoms with Gasteiger partial charge in [0.1, 0.15) is 5.82 Å². The van der Waals surface area contributed by atoms with Gasteiger partial charge in [0.2, 0.25) is 0 Å². The van der Waals surface area contributed by atoms with Crippen molar-refractivity contribution in [1.82, 2.24) is 9.55 Å². The van der Waals surface area contributed by atoms with Gasteiger partial charge < -0.3 is 9.30 Å². The molecule has 0 saturated heterocycles. The molecule has 1 saturated carbocycles. The molecule has 0 bridgehead atoms. The molecule has 19 heavy (non-hydrogen) atoms. The van der Waals surface area contributed by atoms with Crippen molar-refractivity contribution in [2.24, 2.45) is 0 Å². The molecule has 1 fully saturated rings. The number of halogens is 1. The Morgan fingerprint density at radius 3 is 3.00 bits per heavy atom. The van der Waals surface area contributed by atoms with Crippen molar-refractivity contribution in [2.45, 2.75) is 37.8 Å². The topological polar surface area (TPSA) is 27.1 Å². The number of nitrogens with zero attached hydrogens (tertiary/aromatic N) is 2. The predicted octanol–water partition coefficient (Wildman–Crippen LogP) is 3.56. The van der Waals surface area contributed by atoms with Crippen LogP contribution in [-0.2, 0) is 11.2 Å². The van der Waals surface area contributed by atoms with Crippen LogP contribution in [0.25, 0.3) is 11.0 Å². The Morgan fingerprint density at radius 1 is 1.37 bits per heavy atom. The zero-order chi connectivity index (χ0) is 13.2. The molecule has 0 amide bonds. The van der Waals surface area contributed by atoms with Gasteiger partial charge in [0.15, 0.2) is 0 Å². The van der Waals surface area contributed by atoms with Crippen LogP contribution in [0.15, 0.2) is 24.3 Å². The van der Waals surface area contributed by atoms with E-state index in [1.807, 2.05) is 13.2 Å². The molecule has 1 aliphatic rings. The van der Waals surface area contributed by atoms with Gasteiger partial charge >= 0.3 is 0 Å². The summed E-state index contributed by atoms with van der Waals surface area (Å²) in [6, 6.07) is 8.72. The second-order valence-corrected chi connectivity index (χ2v) is 5.48. The van der Waals surface area contributed by atoms with Gasteiger partial charge in [-0.3, -0.25) is 0 Å². The van der Waals surface area contributed by atoms with E-state index in [0.29, 0.717) is 18.0 Å². The number of hydrogen-bond acceptors (Lipinski definition) is 2. The fraction of sp³-hybridized carbons (Fsp3) is 0.533. The molecule has 102 valence electrons. The number of aryl methyl sites for hydroxylation is 1. The second kappa shape index (κ2) is 5.51. The van der Waals surface area contributed by atoms with Crippen LogP contribution >= 0.6 is 11.6 Å². The highest BCUT2D eigenvalue weighted by Crippen LogP contribution is 2.35. The molecule has 1 aromatic heterocycles. The Morgan fingerprint density at radius 2 is 2.21 bits per heavy atom. The van der Waals surface area contributed by atoms with Crippen LogP contribution in [0.3, 0.4) is 0 Å². The number of benzene rings is 1. The number of fused-ring (bicyclic) bond motifs is 1. The second-order valence-electron chi connectivity index (χ2n) is 5.10. The number of rotatable bonds is 4. The Kier molecular flexibility index (Phi) is 3.76. The summed E-state index contributed by atoms with van der Waals surface area (Å²) in [6.07, 6.45) is 4.62. The van der Waals surface area contributed by atoms with Gasteiger partial charge in [0.25, 0.3) is 0 Å². The number of ether oxygens (including phenoxy) is 1.